The molecule has 0 aliphatic rings. The van der Waals surface area contributed by atoms with E-state index in [2.05, 4.69) is 20.4 Å². The van der Waals surface area contributed by atoms with Crippen LogP contribution >= 0.6 is 11.3 Å². The molecular formula is C17H16N6O2S. The molecule has 26 heavy (non-hydrogen) atoms. The maximum atomic E-state index is 12.7. The molecule has 1 N–H and O–H groups in total. The summed E-state index contributed by atoms with van der Waals surface area (Å²) in [5, 5.41) is 8.56. The van der Waals surface area contributed by atoms with Crippen LogP contribution in [0.1, 0.15) is 20.9 Å². The number of hydrogen-bond acceptors (Lipinski definition) is 6. The van der Waals surface area contributed by atoms with Gasteiger partial charge in [-0.1, -0.05) is 0 Å². The van der Waals surface area contributed by atoms with Crippen molar-refractivity contribution < 1.29 is 4.79 Å². The molecule has 0 atom stereocenters. The SMILES string of the molecule is Cc1nn(C)c2ncc(NC(=O)c3sc4ncn(C)c(=O)c4c3C)cc12. The van der Waals surface area contributed by atoms with Crippen LogP contribution in [-0.2, 0) is 14.1 Å². The summed E-state index contributed by atoms with van der Waals surface area (Å²) in [5.74, 6) is -0.282. The van der Waals surface area contributed by atoms with Crippen molar-refractivity contribution in [1.82, 2.24) is 24.3 Å². The van der Waals surface area contributed by atoms with Crippen LogP contribution in [0.3, 0.4) is 0 Å². The lowest BCUT2D eigenvalue weighted by atomic mass is 10.2. The first-order valence-corrected chi connectivity index (χ1v) is 8.74. The second-order valence-corrected chi connectivity index (χ2v) is 7.15. The number of anilines is 1. The summed E-state index contributed by atoms with van der Waals surface area (Å²) in [7, 11) is 3.47. The largest absolute Gasteiger partial charge is 0.320 e. The zero-order valence-corrected chi connectivity index (χ0v) is 15.5. The number of carbonyl (C=O) groups is 1. The number of aryl methyl sites for hydroxylation is 4. The summed E-state index contributed by atoms with van der Waals surface area (Å²) in [6, 6.07) is 1.85. The normalized spacial score (nSPS) is 11.4. The first-order valence-electron chi connectivity index (χ1n) is 7.92. The number of pyridine rings is 1. The van der Waals surface area contributed by atoms with Crippen molar-refractivity contribution >= 4 is 44.2 Å². The first kappa shape index (κ1) is 16.4. The second kappa shape index (κ2) is 5.73. The van der Waals surface area contributed by atoms with Crippen LogP contribution in [0.15, 0.2) is 23.4 Å². The van der Waals surface area contributed by atoms with Crippen molar-refractivity contribution in [3.8, 4) is 0 Å². The van der Waals surface area contributed by atoms with Gasteiger partial charge in [0, 0.05) is 19.5 Å². The van der Waals surface area contributed by atoms with Crippen molar-refractivity contribution in [2.24, 2.45) is 14.1 Å². The summed E-state index contributed by atoms with van der Waals surface area (Å²) in [6.07, 6.45) is 3.06. The number of hydrogen-bond donors (Lipinski definition) is 1. The van der Waals surface area contributed by atoms with Gasteiger partial charge in [-0.3, -0.25) is 14.3 Å². The molecule has 132 valence electrons. The number of nitrogens with zero attached hydrogens (tertiary/aromatic N) is 5. The van der Waals surface area contributed by atoms with E-state index in [0.717, 1.165) is 16.7 Å². The average Bonchev–Trinajstić information content (AvgIpc) is 3.09. The predicted molar refractivity (Wildman–Crippen MR) is 101 cm³/mol. The van der Waals surface area contributed by atoms with Gasteiger partial charge in [-0.15, -0.1) is 11.3 Å². The average molecular weight is 368 g/mol. The molecular weight excluding hydrogens is 352 g/mol. The Balaban J connectivity index is 1.74. The van der Waals surface area contributed by atoms with Gasteiger partial charge in [0.05, 0.1) is 34.2 Å². The Labute approximate surface area is 152 Å². The Kier molecular flexibility index (Phi) is 3.62. The lowest BCUT2D eigenvalue weighted by molar-refractivity contribution is 0.103. The van der Waals surface area contributed by atoms with E-state index in [4.69, 9.17) is 0 Å². The predicted octanol–water partition coefficient (Wildman–Crippen LogP) is 2.15. The minimum absolute atomic E-state index is 0.156. The molecule has 0 bridgehead atoms. The number of aromatic nitrogens is 5. The fourth-order valence-corrected chi connectivity index (χ4v) is 4.02. The molecule has 0 fully saturated rings. The van der Waals surface area contributed by atoms with Crippen LogP contribution in [0.2, 0.25) is 0 Å². The third-order valence-corrected chi connectivity index (χ3v) is 5.54. The number of thiophene rings is 1. The van der Waals surface area contributed by atoms with E-state index in [9.17, 15) is 9.59 Å². The van der Waals surface area contributed by atoms with Gasteiger partial charge in [-0.2, -0.15) is 5.10 Å². The highest BCUT2D eigenvalue weighted by Gasteiger charge is 2.19. The number of nitrogens with one attached hydrogen (secondary N) is 1. The molecule has 4 rings (SSSR count). The lowest BCUT2D eigenvalue weighted by Crippen LogP contribution is -2.17. The lowest BCUT2D eigenvalue weighted by Gasteiger charge is -2.04. The molecule has 0 unspecified atom stereocenters. The van der Waals surface area contributed by atoms with Gasteiger partial charge in [-0.05, 0) is 25.5 Å². The molecule has 9 heteroatoms. The molecule has 0 saturated carbocycles. The Morgan fingerprint density at radius 2 is 2.00 bits per heavy atom. The minimum atomic E-state index is -0.282. The van der Waals surface area contributed by atoms with Crippen molar-refractivity contribution in [3.05, 3.63) is 45.1 Å². The highest BCUT2D eigenvalue weighted by atomic mass is 32.1. The van der Waals surface area contributed by atoms with Gasteiger partial charge in [0.1, 0.15) is 4.83 Å². The highest BCUT2D eigenvalue weighted by Crippen LogP contribution is 2.28. The minimum Gasteiger partial charge on any atom is -0.320 e. The van der Waals surface area contributed by atoms with E-state index in [-0.39, 0.29) is 11.5 Å². The smallest absolute Gasteiger partial charge is 0.266 e. The fourth-order valence-electron chi connectivity index (χ4n) is 2.99. The van der Waals surface area contributed by atoms with Crippen molar-refractivity contribution in [2.75, 3.05) is 5.32 Å². The third-order valence-electron chi connectivity index (χ3n) is 4.34. The van der Waals surface area contributed by atoms with Gasteiger partial charge < -0.3 is 9.88 Å². The van der Waals surface area contributed by atoms with Crippen LogP contribution in [0, 0.1) is 13.8 Å². The molecule has 1 amide bonds. The van der Waals surface area contributed by atoms with Gasteiger partial charge in [0.2, 0.25) is 0 Å². The van der Waals surface area contributed by atoms with E-state index in [1.807, 2.05) is 20.0 Å². The molecule has 0 spiro atoms. The van der Waals surface area contributed by atoms with Crippen molar-refractivity contribution in [3.63, 3.8) is 0 Å². The van der Waals surface area contributed by atoms with Gasteiger partial charge >= 0.3 is 0 Å². The summed E-state index contributed by atoms with van der Waals surface area (Å²) in [4.78, 5) is 34.7. The highest BCUT2D eigenvalue weighted by molar-refractivity contribution is 7.20. The van der Waals surface area contributed by atoms with Crippen LogP contribution in [0.5, 0.6) is 0 Å². The van der Waals surface area contributed by atoms with E-state index >= 15 is 0 Å². The Morgan fingerprint density at radius 1 is 1.23 bits per heavy atom. The summed E-state index contributed by atoms with van der Waals surface area (Å²) < 4.78 is 3.11. The van der Waals surface area contributed by atoms with Gasteiger partial charge in [0.25, 0.3) is 11.5 Å². The van der Waals surface area contributed by atoms with E-state index < -0.39 is 0 Å². The number of rotatable bonds is 2. The maximum absolute atomic E-state index is 12.7. The first-order chi connectivity index (χ1) is 12.4. The van der Waals surface area contributed by atoms with Gasteiger partial charge in [-0.25, -0.2) is 9.97 Å². The van der Waals surface area contributed by atoms with Crippen molar-refractivity contribution in [1.29, 1.82) is 0 Å². The molecule has 4 heterocycles. The Bertz CT molecular complexity index is 1250. The van der Waals surface area contributed by atoms with E-state index in [0.29, 0.717) is 26.3 Å². The van der Waals surface area contributed by atoms with Gasteiger partial charge in [0.15, 0.2) is 5.65 Å². The van der Waals surface area contributed by atoms with Crippen LogP contribution in [-0.4, -0.2) is 30.2 Å². The van der Waals surface area contributed by atoms with Crippen molar-refractivity contribution in [2.45, 2.75) is 13.8 Å². The quantitative estimate of drug-likeness (QED) is 0.585. The van der Waals surface area contributed by atoms with Crippen LogP contribution < -0.4 is 10.9 Å². The topological polar surface area (TPSA) is 94.7 Å². The summed E-state index contributed by atoms with van der Waals surface area (Å²) >= 11 is 1.21. The number of carbonyl (C=O) groups excluding carboxylic acids is 1. The summed E-state index contributed by atoms with van der Waals surface area (Å²) in [5.41, 5.74) is 2.67. The van der Waals surface area contributed by atoms with E-state index in [1.165, 1.54) is 22.2 Å². The monoisotopic (exact) mass is 368 g/mol. The van der Waals surface area contributed by atoms with Crippen LogP contribution in [0.4, 0.5) is 5.69 Å². The zero-order valence-electron chi connectivity index (χ0n) is 14.7. The Morgan fingerprint density at radius 3 is 2.77 bits per heavy atom. The standard InChI is InChI=1S/C17H16N6O2S/c1-8-12-16(19-7-22(3)17(12)25)26-13(8)15(24)20-10-5-11-9(2)21-23(4)14(11)18-6-10/h5-7H,1-4H3,(H,20,24). The number of fused-ring (bicyclic) bond motifs is 2. The third kappa shape index (κ3) is 2.39. The Hall–Kier alpha value is -3.07. The number of amides is 1. The van der Waals surface area contributed by atoms with E-state index in [1.54, 1.807) is 24.9 Å². The molecule has 0 aromatic carbocycles. The zero-order chi connectivity index (χ0) is 18.6. The molecule has 0 aliphatic heterocycles. The summed E-state index contributed by atoms with van der Waals surface area (Å²) in [6.45, 7) is 3.66. The fraction of sp³-hybridized carbons (Fsp3) is 0.235. The molecule has 4 aromatic heterocycles. The molecule has 0 saturated heterocycles. The molecule has 8 nitrogen and oxygen atoms in total. The molecule has 0 radical (unpaired) electrons. The molecule has 0 aliphatic carbocycles. The maximum Gasteiger partial charge on any atom is 0.266 e. The second-order valence-electron chi connectivity index (χ2n) is 6.16. The van der Waals surface area contributed by atoms with Crippen LogP contribution in [0.25, 0.3) is 21.3 Å². The molecule has 4 aromatic rings.